The van der Waals surface area contributed by atoms with Gasteiger partial charge in [-0.25, -0.2) is 8.42 Å². The topological polar surface area (TPSA) is 72.2 Å². The molecule has 0 saturated heterocycles. The van der Waals surface area contributed by atoms with Crippen LogP contribution < -0.4 is 11.1 Å². The third kappa shape index (κ3) is 4.49. The van der Waals surface area contributed by atoms with E-state index < -0.39 is 14.6 Å². The van der Waals surface area contributed by atoms with E-state index in [1.807, 2.05) is 0 Å². The average Bonchev–Trinajstić information content (AvgIpc) is 2.02. The molecular weight excluding hydrogens is 212 g/mol. The second kappa shape index (κ2) is 5.27. The van der Waals surface area contributed by atoms with E-state index in [2.05, 4.69) is 19.2 Å². The molecule has 0 aromatic rings. The molecule has 0 rings (SSSR count). The van der Waals surface area contributed by atoms with Crippen molar-refractivity contribution in [1.29, 1.82) is 0 Å². The lowest BCUT2D eigenvalue weighted by Gasteiger charge is -2.28. The Morgan fingerprint density at radius 3 is 2.07 bits per heavy atom. The summed E-state index contributed by atoms with van der Waals surface area (Å²) in [6.07, 6.45) is 1.27. The van der Waals surface area contributed by atoms with Gasteiger partial charge < -0.3 is 11.1 Å². The Hall–Kier alpha value is -0.130. The minimum atomic E-state index is -3.04. The first-order valence-electron chi connectivity index (χ1n) is 5.25. The number of nitrogens with one attached hydrogen (secondary N) is 1. The predicted octanol–water partition coefficient (Wildman–Crippen LogP) is 0.383. The van der Waals surface area contributed by atoms with Crippen LogP contribution in [0.5, 0.6) is 0 Å². The van der Waals surface area contributed by atoms with Crippen LogP contribution in [0.2, 0.25) is 0 Å². The zero-order valence-corrected chi connectivity index (χ0v) is 11.2. The number of rotatable bonds is 6. The van der Waals surface area contributed by atoms with Crippen molar-refractivity contribution in [1.82, 2.24) is 5.32 Å². The minimum Gasteiger partial charge on any atom is -0.329 e. The van der Waals surface area contributed by atoms with Crippen molar-refractivity contribution in [2.24, 2.45) is 11.7 Å². The SMILES string of the molecule is CC(C)C(CN)NCC(C)(C)S(C)(=O)=O. The van der Waals surface area contributed by atoms with Crippen molar-refractivity contribution < 1.29 is 8.42 Å². The molecule has 0 radical (unpaired) electrons. The summed E-state index contributed by atoms with van der Waals surface area (Å²) in [5, 5.41) is 3.21. The lowest BCUT2D eigenvalue weighted by Crippen LogP contribution is -2.49. The summed E-state index contributed by atoms with van der Waals surface area (Å²) in [5.41, 5.74) is 5.60. The Balaban J connectivity index is 4.38. The summed E-state index contributed by atoms with van der Waals surface area (Å²) >= 11 is 0. The maximum atomic E-state index is 11.5. The summed E-state index contributed by atoms with van der Waals surface area (Å²) < 4.78 is 22.2. The zero-order valence-electron chi connectivity index (χ0n) is 10.4. The van der Waals surface area contributed by atoms with Gasteiger partial charge in [0.2, 0.25) is 0 Å². The molecule has 0 aliphatic carbocycles. The Labute approximate surface area is 93.5 Å². The normalized spacial score (nSPS) is 15.7. The van der Waals surface area contributed by atoms with Crippen LogP contribution in [0.3, 0.4) is 0 Å². The quantitative estimate of drug-likeness (QED) is 0.699. The van der Waals surface area contributed by atoms with Gasteiger partial charge in [0.25, 0.3) is 0 Å². The van der Waals surface area contributed by atoms with Crippen LogP contribution in [0.1, 0.15) is 27.7 Å². The van der Waals surface area contributed by atoms with Gasteiger partial charge >= 0.3 is 0 Å². The number of hydrogen-bond donors (Lipinski definition) is 2. The maximum Gasteiger partial charge on any atom is 0.153 e. The van der Waals surface area contributed by atoms with E-state index in [9.17, 15) is 8.42 Å². The van der Waals surface area contributed by atoms with Crippen LogP contribution in [-0.4, -0.2) is 38.6 Å². The van der Waals surface area contributed by atoms with E-state index in [0.29, 0.717) is 19.0 Å². The molecule has 3 N–H and O–H groups in total. The van der Waals surface area contributed by atoms with Crippen molar-refractivity contribution in [3.8, 4) is 0 Å². The van der Waals surface area contributed by atoms with Crippen molar-refractivity contribution >= 4 is 9.84 Å². The molecule has 1 unspecified atom stereocenters. The third-order valence-corrected chi connectivity index (χ3v) is 5.00. The van der Waals surface area contributed by atoms with Gasteiger partial charge in [0.1, 0.15) is 0 Å². The molecule has 15 heavy (non-hydrogen) atoms. The van der Waals surface area contributed by atoms with Crippen LogP contribution in [-0.2, 0) is 9.84 Å². The number of hydrogen-bond acceptors (Lipinski definition) is 4. The van der Waals surface area contributed by atoms with E-state index in [4.69, 9.17) is 5.73 Å². The first-order valence-corrected chi connectivity index (χ1v) is 7.14. The van der Waals surface area contributed by atoms with Gasteiger partial charge in [-0.1, -0.05) is 13.8 Å². The van der Waals surface area contributed by atoms with Crippen molar-refractivity contribution in [3.05, 3.63) is 0 Å². The fraction of sp³-hybridized carbons (Fsp3) is 1.00. The number of sulfone groups is 1. The van der Waals surface area contributed by atoms with Gasteiger partial charge in [0.05, 0.1) is 4.75 Å². The van der Waals surface area contributed by atoms with Crippen LogP contribution in [0.4, 0.5) is 0 Å². The molecule has 0 bridgehead atoms. The molecule has 0 fully saturated rings. The van der Waals surface area contributed by atoms with Crippen molar-refractivity contribution in [2.75, 3.05) is 19.3 Å². The Kier molecular flexibility index (Phi) is 5.23. The Morgan fingerprint density at radius 1 is 1.33 bits per heavy atom. The molecule has 1 atom stereocenters. The first kappa shape index (κ1) is 14.9. The Morgan fingerprint density at radius 2 is 1.80 bits per heavy atom. The van der Waals surface area contributed by atoms with Gasteiger partial charge in [-0.2, -0.15) is 0 Å². The first-order chi connectivity index (χ1) is 6.62. The van der Waals surface area contributed by atoms with E-state index in [-0.39, 0.29) is 6.04 Å². The zero-order chi connectivity index (χ0) is 12.3. The second-order valence-corrected chi connectivity index (χ2v) is 7.65. The third-order valence-electron chi connectivity index (χ3n) is 2.85. The maximum absolute atomic E-state index is 11.5. The highest BCUT2D eigenvalue weighted by Gasteiger charge is 2.30. The minimum absolute atomic E-state index is 0.172. The van der Waals surface area contributed by atoms with Crippen LogP contribution in [0.15, 0.2) is 0 Å². The monoisotopic (exact) mass is 236 g/mol. The molecule has 0 heterocycles. The summed E-state index contributed by atoms with van der Waals surface area (Å²) in [6.45, 7) is 8.55. The van der Waals surface area contributed by atoms with E-state index in [0.717, 1.165) is 0 Å². The highest BCUT2D eigenvalue weighted by molar-refractivity contribution is 7.92. The molecule has 4 nitrogen and oxygen atoms in total. The predicted molar refractivity (Wildman–Crippen MR) is 64.6 cm³/mol. The molecule has 0 amide bonds. The molecule has 92 valence electrons. The smallest absolute Gasteiger partial charge is 0.153 e. The fourth-order valence-electron chi connectivity index (χ4n) is 1.10. The highest BCUT2D eigenvalue weighted by Crippen LogP contribution is 2.14. The van der Waals surface area contributed by atoms with Crippen LogP contribution >= 0.6 is 0 Å². The molecule has 0 aromatic carbocycles. The molecule has 0 aliphatic rings. The van der Waals surface area contributed by atoms with Crippen molar-refractivity contribution in [2.45, 2.75) is 38.5 Å². The lowest BCUT2D eigenvalue weighted by molar-refractivity contribution is 0.387. The second-order valence-electron chi connectivity index (χ2n) is 5.00. The average molecular weight is 236 g/mol. The molecule has 5 heteroatoms. The molecule has 0 saturated carbocycles. The van der Waals surface area contributed by atoms with Gasteiger partial charge in [-0.3, -0.25) is 0 Å². The molecular formula is C10H24N2O2S. The van der Waals surface area contributed by atoms with Gasteiger partial charge in [-0.15, -0.1) is 0 Å². The molecule has 0 aromatic heterocycles. The fourth-order valence-corrected chi connectivity index (χ4v) is 1.44. The van der Waals surface area contributed by atoms with Crippen LogP contribution in [0, 0.1) is 5.92 Å². The van der Waals surface area contributed by atoms with Gasteiger partial charge in [-0.05, 0) is 19.8 Å². The molecule has 0 spiro atoms. The van der Waals surface area contributed by atoms with E-state index >= 15 is 0 Å². The van der Waals surface area contributed by atoms with Gasteiger partial charge in [0.15, 0.2) is 9.84 Å². The van der Waals surface area contributed by atoms with Gasteiger partial charge in [0, 0.05) is 25.4 Å². The standard InChI is InChI=1S/C10H24N2O2S/c1-8(2)9(6-11)12-7-10(3,4)15(5,13)14/h8-9,12H,6-7,11H2,1-5H3. The van der Waals surface area contributed by atoms with E-state index in [1.165, 1.54) is 6.26 Å². The van der Waals surface area contributed by atoms with E-state index in [1.54, 1.807) is 13.8 Å². The number of nitrogens with two attached hydrogens (primary N) is 1. The largest absolute Gasteiger partial charge is 0.329 e. The van der Waals surface area contributed by atoms with Crippen LogP contribution in [0.25, 0.3) is 0 Å². The summed E-state index contributed by atoms with van der Waals surface area (Å²) in [7, 11) is -3.04. The Bertz CT molecular complexity index is 284. The summed E-state index contributed by atoms with van der Waals surface area (Å²) in [4.78, 5) is 0. The summed E-state index contributed by atoms with van der Waals surface area (Å²) in [6, 6.07) is 0.172. The lowest BCUT2D eigenvalue weighted by atomic mass is 10.0. The molecule has 0 aliphatic heterocycles. The highest BCUT2D eigenvalue weighted by atomic mass is 32.2. The van der Waals surface area contributed by atoms with Crippen molar-refractivity contribution in [3.63, 3.8) is 0 Å². The summed E-state index contributed by atoms with van der Waals surface area (Å²) in [5.74, 6) is 0.408.